The van der Waals surface area contributed by atoms with Crippen LogP contribution in [0.4, 0.5) is 0 Å². The van der Waals surface area contributed by atoms with Crippen LogP contribution < -0.4 is 0 Å². The topological polar surface area (TPSA) is 237 Å². The Morgan fingerprint density at radius 1 is 0.280 bits per heavy atom. The van der Waals surface area contributed by atoms with E-state index in [4.69, 9.17) is 37.0 Å². The Morgan fingerprint density at radius 2 is 0.480 bits per heavy atom. The first-order chi connectivity index (χ1) is 48.6. The largest absolute Gasteiger partial charge is 0.472 e. The van der Waals surface area contributed by atoms with Gasteiger partial charge in [-0.15, -0.1) is 0 Å². The molecule has 594 valence electrons. The van der Waals surface area contributed by atoms with Crippen LogP contribution in [-0.4, -0.2) is 96.7 Å². The minimum atomic E-state index is -4.96. The Balaban J connectivity index is 5.24. The normalized spacial score (nSPS) is 14.1. The Labute approximate surface area is 613 Å². The number of carbonyl (C=O) groups is 4. The second kappa shape index (κ2) is 73.9. The summed E-state index contributed by atoms with van der Waals surface area (Å²) in [6.45, 7) is 7.35. The average Bonchev–Trinajstić information content (AvgIpc) is 0.954. The van der Waals surface area contributed by atoms with Crippen LogP contribution in [0.15, 0.2) is 0 Å². The molecule has 3 N–H and O–H groups in total. The second-order valence-electron chi connectivity index (χ2n) is 29.4. The highest BCUT2D eigenvalue weighted by Gasteiger charge is 2.30. The SMILES string of the molecule is CCCCCCCCCCCCCCCCCCCCCC(=O)O[C@H](COC(=O)CCCCCCCCCCCCCCCCCCC)COP(=O)(O)OC[C@@H](O)COP(=O)(O)OC[C@@H](COC(=O)CCCCCCCCCCCC)OC(=O)CCCCCCCCCCCCC(C)CC. The molecular formula is C81H158O17P2. The molecule has 3 unspecified atom stereocenters. The van der Waals surface area contributed by atoms with Crippen molar-refractivity contribution in [3.05, 3.63) is 0 Å². The Hall–Kier alpha value is -1.94. The van der Waals surface area contributed by atoms with E-state index in [9.17, 15) is 43.2 Å². The fourth-order valence-corrected chi connectivity index (χ4v) is 14.1. The Kier molecular flexibility index (Phi) is 72.5. The lowest BCUT2D eigenvalue weighted by atomic mass is 9.99. The number of ether oxygens (including phenoxy) is 4. The van der Waals surface area contributed by atoms with Crippen molar-refractivity contribution in [3.8, 4) is 0 Å². The summed E-state index contributed by atoms with van der Waals surface area (Å²) in [5, 5.41) is 10.6. The molecule has 19 heteroatoms. The van der Waals surface area contributed by atoms with Crippen LogP contribution >= 0.6 is 15.6 Å². The summed E-state index contributed by atoms with van der Waals surface area (Å²) in [5.41, 5.74) is 0. The van der Waals surface area contributed by atoms with Gasteiger partial charge < -0.3 is 33.8 Å². The van der Waals surface area contributed by atoms with Gasteiger partial charge in [0.15, 0.2) is 12.2 Å². The zero-order valence-electron chi connectivity index (χ0n) is 65.3. The van der Waals surface area contributed by atoms with Gasteiger partial charge in [0.25, 0.3) is 0 Å². The molecule has 0 saturated carbocycles. The molecule has 17 nitrogen and oxygen atoms in total. The molecule has 0 bridgehead atoms. The molecule has 0 aromatic heterocycles. The summed E-state index contributed by atoms with van der Waals surface area (Å²) in [7, 11) is -9.92. The highest BCUT2D eigenvalue weighted by Crippen LogP contribution is 2.45. The zero-order chi connectivity index (χ0) is 73.4. The van der Waals surface area contributed by atoms with E-state index in [2.05, 4.69) is 34.6 Å². The van der Waals surface area contributed by atoms with Gasteiger partial charge in [-0.25, -0.2) is 9.13 Å². The van der Waals surface area contributed by atoms with Crippen LogP contribution in [-0.2, 0) is 65.4 Å². The van der Waals surface area contributed by atoms with Crippen LogP contribution in [0.5, 0.6) is 0 Å². The first kappa shape index (κ1) is 98.1. The number of hydrogen-bond acceptors (Lipinski definition) is 15. The van der Waals surface area contributed by atoms with Gasteiger partial charge >= 0.3 is 39.5 Å². The van der Waals surface area contributed by atoms with E-state index in [1.54, 1.807) is 0 Å². The van der Waals surface area contributed by atoms with Gasteiger partial charge in [0.05, 0.1) is 26.4 Å². The molecular weight excluding hydrogens is 1310 g/mol. The third-order valence-electron chi connectivity index (χ3n) is 19.4. The molecule has 0 radical (unpaired) electrons. The number of esters is 4. The summed E-state index contributed by atoms with van der Waals surface area (Å²) in [6, 6.07) is 0. The number of unbranched alkanes of at least 4 members (excludes halogenated alkanes) is 52. The second-order valence-corrected chi connectivity index (χ2v) is 32.3. The quantitative estimate of drug-likeness (QED) is 0.0222. The molecule has 0 aromatic carbocycles. The van der Waals surface area contributed by atoms with Crippen LogP contribution in [0.25, 0.3) is 0 Å². The molecule has 0 spiro atoms. The van der Waals surface area contributed by atoms with Crippen LogP contribution in [0.1, 0.15) is 433 Å². The van der Waals surface area contributed by atoms with Crippen molar-refractivity contribution >= 4 is 39.5 Å². The van der Waals surface area contributed by atoms with Crippen molar-refractivity contribution in [2.24, 2.45) is 5.92 Å². The lowest BCUT2D eigenvalue weighted by Crippen LogP contribution is -2.30. The van der Waals surface area contributed by atoms with E-state index in [0.717, 1.165) is 95.8 Å². The Morgan fingerprint density at radius 3 is 0.710 bits per heavy atom. The van der Waals surface area contributed by atoms with E-state index in [1.807, 2.05) is 0 Å². The van der Waals surface area contributed by atoms with E-state index >= 15 is 0 Å². The number of aliphatic hydroxyl groups excluding tert-OH is 1. The summed E-state index contributed by atoms with van der Waals surface area (Å²) < 4.78 is 68.7. The maximum Gasteiger partial charge on any atom is 0.472 e. The van der Waals surface area contributed by atoms with Gasteiger partial charge in [-0.2, -0.15) is 0 Å². The van der Waals surface area contributed by atoms with Crippen molar-refractivity contribution in [1.82, 2.24) is 0 Å². The van der Waals surface area contributed by atoms with Crippen LogP contribution in [0.2, 0.25) is 0 Å². The molecule has 0 rings (SSSR count). The van der Waals surface area contributed by atoms with E-state index in [1.165, 1.54) is 257 Å². The summed E-state index contributed by atoms with van der Waals surface area (Å²) in [5.74, 6) is -1.30. The van der Waals surface area contributed by atoms with E-state index in [0.29, 0.717) is 25.7 Å². The average molecular weight is 1470 g/mol. The summed E-state index contributed by atoms with van der Waals surface area (Å²) in [4.78, 5) is 73.0. The zero-order valence-corrected chi connectivity index (χ0v) is 67.1. The van der Waals surface area contributed by atoms with Crippen molar-refractivity contribution in [2.75, 3.05) is 39.6 Å². The lowest BCUT2D eigenvalue weighted by Gasteiger charge is -2.21. The van der Waals surface area contributed by atoms with Crippen molar-refractivity contribution in [1.29, 1.82) is 0 Å². The van der Waals surface area contributed by atoms with Gasteiger partial charge in [-0.3, -0.25) is 37.3 Å². The molecule has 100 heavy (non-hydrogen) atoms. The number of phosphoric ester groups is 2. The highest BCUT2D eigenvalue weighted by molar-refractivity contribution is 7.47. The smallest absolute Gasteiger partial charge is 0.462 e. The van der Waals surface area contributed by atoms with Gasteiger partial charge in [0, 0.05) is 25.7 Å². The summed E-state index contributed by atoms with van der Waals surface area (Å²) in [6.07, 6.45) is 65.1. The molecule has 0 aliphatic heterocycles. The van der Waals surface area contributed by atoms with Gasteiger partial charge in [-0.05, 0) is 31.6 Å². The third-order valence-corrected chi connectivity index (χ3v) is 21.3. The van der Waals surface area contributed by atoms with Crippen molar-refractivity contribution in [2.45, 2.75) is 451 Å². The minimum absolute atomic E-state index is 0.107. The lowest BCUT2D eigenvalue weighted by molar-refractivity contribution is -0.161. The van der Waals surface area contributed by atoms with Gasteiger partial charge in [-0.1, -0.05) is 381 Å². The highest BCUT2D eigenvalue weighted by atomic mass is 31.2. The van der Waals surface area contributed by atoms with E-state index in [-0.39, 0.29) is 25.7 Å². The minimum Gasteiger partial charge on any atom is -0.462 e. The fraction of sp³-hybridized carbons (Fsp3) is 0.951. The number of hydrogen-bond donors (Lipinski definition) is 3. The van der Waals surface area contributed by atoms with E-state index < -0.39 is 97.5 Å². The maximum absolute atomic E-state index is 13.1. The first-order valence-corrected chi connectivity index (χ1v) is 45.2. The molecule has 0 saturated heterocycles. The molecule has 0 aliphatic rings. The van der Waals surface area contributed by atoms with Gasteiger partial charge in [0.2, 0.25) is 0 Å². The fourth-order valence-electron chi connectivity index (χ4n) is 12.6. The van der Waals surface area contributed by atoms with Crippen LogP contribution in [0, 0.1) is 5.92 Å². The number of phosphoric acid groups is 2. The molecule has 0 heterocycles. The van der Waals surface area contributed by atoms with Gasteiger partial charge in [0.1, 0.15) is 19.3 Å². The predicted molar refractivity (Wildman–Crippen MR) is 409 cm³/mol. The molecule has 0 aliphatic carbocycles. The third kappa shape index (κ3) is 73.0. The Bertz CT molecular complexity index is 1910. The monoisotopic (exact) mass is 1470 g/mol. The van der Waals surface area contributed by atoms with Crippen molar-refractivity contribution < 1.29 is 80.2 Å². The van der Waals surface area contributed by atoms with Crippen LogP contribution in [0.3, 0.4) is 0 Å². The standard InChI is InChI=1S/C81H158O17P2/c1-6-10-13-16-19-22-25-27-29-31-32-34-36-38-40-46-51-56-61-66-80(85)97-77(71-92-79(84)65-60-55-50-45-39-37-35-33-30-28-26-23-20-17-14-11-7-2)73-96-100(89,90)94-69-75(82)68-93-99(87,88)95-72-76(70-91-78(83)64-59-54-49-44-24-21-18-15-12-8-3)98-81(86)67-62-57-52-47-42-41-43-48-53-58-63-74(5)9-4/h74-77,82H,6-73H2,1-5H3,(H,87,88)(H,89,90)/t74?,75-,76+,77+/m0/s1. The predicted octanol–water partition coefficient (Wildman–Crippen LogP) is 24.4. The number of aliphatic hydroxyl groups is 1. The molecule has 0 aromatic rings. The molecule has 0 fully saturated rings. The maximum atomic E-state index is 13.1. The first-order valence-electron chi connectivity index (χ1n) is 42.2. The molecule has 0 amide bonds. The molecule has 6 atom stereocenters. The summed E-state index contributed by atoms with van der Waals surface area (Å²) >= 11 is 0. The number of rotatable bonds is 81. The number of carbonyl (C=O) groups excluding carboxylic acids is 4. The van der Waals surface area contributed by atoms with Crippen molar-refractivity contribution in [3.63, 3.8) is 0 Å².